The minimum atomic E-state index is -0.162. The molecule has 1 aliphatic carbocycles. The summed E-state index contributed by atoms with van der Waals surface area (Å²) in [6.07, 6.45) is 4.81. The van der Waals surface area contributed by atoms with Crippen molar-refractivity contribution in [1.82, 2.24) is 4.90 Å². The molecule has 0 radical (unpaired) electrons. The first kappa shape index (κ1) is 14.3. The van der Waals surface area contributed by atoms with E-state index in [1.54, 1.807) is 0 Å². The van der Waals surface area contributed by atoms with Crippen LogP contribution in [0.15, 0.2) is 0 Å². The molecule has 0 aromatic rings. The van der Waals surface area contributed by atoms with Gasteiger partial charge < -0.3 is 9.84 Å². The van der Waals surface area contributed by atoms with E-state index < -0.39 is 0 Å². The maximum absolute atomic E-state index is 10.4. The van der Waals surface area contributed by atoms with Crippen LogP contribution in [-0.2, 0) is 4.74 Å². The molecule has 0 spiro atoms. The first-order valence-corrected chi connectivity index (χ1v) is 7.65. The third kappa shape index (κ3) is 3.25. The standard InChI is InChI=1S/C15H29NO2/c1-4-16(10-13-6-5-7-18-13)15-12(3)8-11(2)9-14(15)17/h11-15,17H,4-10H2,1-3H3. The van der Waals surface area contributed by atoms with Gasteiger partial charge >= 0.3 is 0 Å². The molecular weight excluding hydrogens is 226 g/mol. The van der Waals surface area contributed by atoms with E-state index >= 15 is 0 Å². The Hall–Kier alpha value is -0.120. The lowest BCUT2D eigenvalue weighted by atomic mass is 9.77. The number of likely N-dealkylation sites (N-methyl/N-ethyl adjacent to an activating group) is 1. The molecule has 18 heavy (non-hydrogen) atoms. The van der Waals surface area contributed by atoms with Crippen molar-refractivity contribution in [2.45, 2.75) is 64.7 Å². The Morgan fingerprint density at radius 1 is 1.28 bits per heavy atom. The smallest absolute Gasteiger partial charge is 0.0702 e. The summed E-state index contributed by atoms with van der Waals surface area (Å²) >= 11 is 0. The second-order valence-corrected chi connectivity index (χ2v) is 6.33. The molecule has 5 atom stereocenters. The summed E-state index contributed by atoms with van der Waals surface area (Å²) in [6, 6.07) is 0.329. The number of hydrogen-bond donors (Lipinski definition) is 1. The van der Waals surface area contributed by atoms with Crippen LogP contribution >= 0.6 is 0 Å². The summed E-state index contributed by atoms with van der Waals surface area (Å²) < 4.78 is 5.74. The van der Waals surface area contributed by atoms with Gasteiger partial charge in [-0.05, 0) is 44.1 Å². The summed E-state index contributed by atoms with van der Waals surface area (Å²) in [4.78, 5) is 2.46. The Balaban J connectivity index is 1.96. The minimum Gasteiger partial charge on any atom is -0.391 e. The first-order valence-electron chi connectivity index (χ1n) is 7.65. The third-order valence-corrected chi connectivity index (χ3v) is 4.69. The molecule has 5 unspecified atom stereocenters. The maximum atomic E-state index is 10.4. The van der Waals surface area contributed by atoms with Gasteiger partial charge in [0.2, 0.25) is 0 Å². The van der Waals surface area contributed by atoms with E-state index in [-0.39, 0.29) is 6.10 Å². The van der Waals surface area contributed by atoms with Crippen LogP contribution in [0.1, 0.15) is 46.5 Å². The first-order chi connectivity index (χ1) is 8.61. The molecule has 1 heterocycles. The number of aliphatic hydroxyl groups excluding tert-OH is 1. The molecule has 3 heteroatoms. The predicted octanol–water partition coefficient (Wildman–Crippen LogP) is 2.28. The fraction of sp³-hybridized carbons (Fsp3) is 1.00. The number of rotatable bonds is 4. The number of nitrogens with zero attached hydrogens (tertiary/aromatic N) is 1. The molecule has 2 fully saturated rings. The Labute approximate surface area is 112 Å². The van der Waals surface area contributed by atoms with Crippen molar-refractivity contribution in [2.75, 3.05) is 19.7 Å². The zero-order chi connectivity index (χ0) is 13.1. The predicted molar refractivity (Wildman–Crippen MR) is 73.6 cm³/mol. The summed E-state index contributed by atoms with van der Waals surface area (Å²) in [5.41, 5.74) is 0. The molecule has 106 valence electrons. The van der Waals surface area contributed by atoms with E-state index in [0.29, 0.717) is 24.0 Å². The topological polar surface area (TPSA) is 32.7 Å². The highest BCUT2D eigenvalue weighted by Gasteiger charge is 2.37. The van der Waals surface area contributed by atoms with Crippen LogP contribution in [0.5, 0.6) is 0 Å². The molecule has 1 aliphatic heterocycles. The van der Waals surface area contributed by atoms with E-state index in [4.69, 9.17) is 4.74 Å². The highest BCUT2D eigenvalue weighted by molar-refractivity contribution is 4.90. The van der Waals surface area contributed by atoms with Crippen molar-refractivity contribution in [1.29, 1.82) is 0 Å². The zero-order valence-electron chi connectivity index (χ0n) is 12.1. The van der Waals surface area contributed by atoms with Gasteiger partial charge in [-0.25, -0.2) is 0 Å². The number of ether oxygens (including phenoxy) is 1. The Morgan fingerprint density at radius 3 is 2.61 bits per heavy atom. The maximum Gasteiger partial charge on any atom is 0.0702 e. The number of aliphatic hydroxyl groups is 1. The largest absolute Gasteiger partial charge is 0.391 e. The van der Waals surface area contributed by atoms with Crippen LogP contribution in [0.3, 0.4) is 0 Å². The highest BCUT2D eigenvalue weighted by Crippen LogP contribution is 2.32. The van der Waals surface area contributed by atoms with Gasteiger partial charge in [-0.15, -0.1) is 0 Å². The Bertz CT molecular complexity index is 241. The van der Waals surface area contributed by atoms with Crippen molar-refractivity contribution >= 4 is 0 Å². The normalized spacial score (nSPS) is 41.5. The van der Waals surface area contributed by atoms with Crippen molar-refractivity contribution in [2.24, 2.45) is 11.8 Å². The van der Waals surface area contributed by atoms with Gasteiger partial charge in [0.05, 0.1) is 12.2 Å². The molecule has 2 aliphatic rings. The molecule has 3 nitrogen and oxygen atoms in total. The van der Waals surface area contributed by atoms with Crippen molar-refractivity contribution < 1.29 is 9.84 Å². The van der Waals surface area contributed by atoms with Crippen LogP contribution < -0.4 is 0 Å². The molecular formula is C15H29NO2. The van der Waals surface area contributed by atoms with E-state index in [1.165, 1.54) is 19.3 Å². The van der Waals surface area contributed by atoms with Gasteiger partial charge in [0.15, 0.2) is 0 Å². The summed E-state index contributed by atoms with van der Waals surface area (Å²) in [5, 5.41) is 10.4. The zero-order valence-corrected chi connectivity index (χ0v) is 12.1. The van der Waals surface area contributed by atoms with Gasteiger partial charge in [-0.1, -0.05) is 20.8 Å². The second-order valence-electron chi connectivity index (χ2n) is 6.33. The Morgan fingerprint density at radius 2 is 2.06 bits per heavy atom. The summed E-state index contributed by atoms with van der Waals surface area (Å²) in [6.45, 7) is 9.68. The van der Waals surface area contributed by atoms with Gasteiger partial charge in [0.25, 0.3) is 0 Å². The molecule has 0 aromatic carbocycles. The molecule has 0 aromatic heterocycles. The van der Waals surface area contributed by atoms with E-state index in [9.17, 15) is 5.11 Å². The summed E-state index contributed by atoms with van der Waals surface area (Å²) in [7, 11) is 0. The molecule has 1 saturated heterocycles. The minimum absolute atomic E-state index is 0.162. The van der Waals surface area contributed by atoms with Crippen molar-refractivity contribution in [3.8, 4) is 0 Å². The third-order valence-electron chi connectivity index (χ3n) is 4.69. The average molecular weight is 255 g/mol. The van der Waals surface area contributed by atoms with E-state index in [2.05, 4.69) is 25.7 Å². The lowest BCUT2D eigenvalue weighted by Crippen LogP contribution is -2.53. The number of hydrogen-bond acceptors (Lipinski definition) is 3. The van der Waals surface area contributed by atoms with Gasteiger partial charge in [0.1, 0.15) is 0 Å². The van der Waals surface area contributed by atoms with Crippen molar-refractivity contribution in [3.05, 3.63) is 0 Å². The van der Waals surface area contributed by atoms with Crippen LogP contribution in [0.2, 0.25) is 0 Å². The van der Waals surface area contributed by atoms with E-state index in [1.807, 2.05) is 0 Å². The Kier molecular flexibility index (Phi) is 5.05. The van der Waals surface area contributed by atoms with Crippen molar-refractivity contribution in [3.63, 3.8) is 0 Å². The van der Waals surface area contributed by atoms with Crippen LogP contribution in [0.4, 0.5) is 0 Å². The van der Waals surface area contributed by atoms with Crippen LogP contribution in [0.25, 0.3) is 0 Å². The highest BCUT2D eigenvalue weighted by atomic mass is 16.5. The SMILES string of the molecule is CCN(CC1CCCO1)C1C(C)CC(C)CC1O. The average Bonchev–Trinajstić information content (AvgIpc) is 2.79. The van der Waals surface area contributed by atoms with Crippen LogP contribution in [0, 0.1) is 11.8 Å². The molecule has 0 amide bonds. The molecule has 1 N–H and O–H groups in total. The monoisotopic (exact) mass is 255 g/mol. The fourth-order valence-electron chi connectivity index (χ4n) is 3.92. The van der Waals surface area contributed by atoms with Gasteiger partial charge in [-0.2, -0.15) is 0 Å². The van der Waals surface area contributed by atoms with Crippen LogP contribution in [-0.4, -0.2) is 48.0 Å². The van der Waals surface area contributed by atoms with Gasteiger partial charge in [-0.3, -0.25) is 4.90 Å². The lowest BCUT2D eigenvalue weighted by Gasteiger charge is -2.44. The van der Waals surface area contributed by atoms with Gasteiger partial charge in [0, 0.05) is 19.2 Å². The quantitative estimate of drug-likeness (QED) is 0.836. The van der Waals surface area contributed by atoms with E-state index in [0.717, 1.165) is 26.1 Å². The summed E-state index contributed by atoms with van der Waals surface area (Å²) in [5.74, 6) is 1.25. The molecule has 0 bridgehead atoms. The second kappa shape index (κ2) is 6.36. The molecule has 2 rings (SSSR count). The lowest BCUT2D eigenvalue weighted by molar-refractivity contribution is -0.0400. The fourth-order valence-corrected chi connectivity index (χ4v) is 3.92. The molecule has 1 saturated carbocycles.